The largest absolute Gasteiger partial charge is 0.463 e. The molecule has 0 amide bonds. The first-order chi connectivity index (χ1) is 10.7. The van der Waals surface area contributed by atoms with E-state index in [1.54, 1.807) is 18.7 Å². The molecule has 3 heterocycles. The number of nitrogens with zero attached hydrogens (tertiary/aromatic N) is 4. The fourth-order valence-electron chi connectivity index (χ4n) is 2.79. The van der Waals surface area contributed by atoms with Crippen molar-refractivity contribution in [3.8, 4) is 6.01 Å². The average molecular weight is 302 g/mol. The zero-order chi connectivity index (χ0) is 15.4. The van der Waals surface area contributed by atoms with Gasteiger partial charge in [-0.05, 0) is 31.9 Å². The topological polar surface area (TPSA) is 64.3 Å². The van der Waals surface area contributed by atoms with Crippen molar-refractivity contribution in [3.05, 3.63) is 35.8 Å². The molecule has 2 aromatic rings. The van der Waals surface area contributed by atoms with Crippen LogP contribution in [0.25, 0.3) is 0 Å². The van der Waals surface area contributed by atoms with Crippen molar-refractivity contribution >= 4 is 0 Å². The van der Waals surface area contributed by atoms with Crippen molar-refractivity contribution in [2.45, 2.75) is 33.2 Å². The lowest BCUT2D eigenvalue weighted by Crippen LogP contribution is -2.37. The molecule has 0 N–H and O–H groups in total. The van der Waals surface area contributed by atoms with Gasteiger partial charge in [0.15, 0.2) is 5.89 Å². The Morgan fingerprint density at radius 1 is 1.32 bits per heavy atom. The minimum atomic E-state index is 0.467. The molecule has 1 aliphatic heterocycles. The molecular formula is C16H22N4O2. The smallest absolute Gasteiger partial charge is 0.316 e. The van der Waals surface area contributed by atoms with E-state index >= 15 is 0 Å². The molecular weight excluding hydrogens is 280 g/mol. The molecule has 1 atom stereocenters. The molecule has 0 radical (unpaired) electrons. The van der Waals surface area contributed by atoms with Crippen molar-refractivity contribution in [3.63, 3.8) is 0 Å². The van der Waals surface area contributed by atoms with E-state index in [2.05, 4.69) is 19.9 Å². The highest BCUT2D eigenvalue weighted by molar-refractivity contribution is 5.04. The summed E-state index contributed by atoms with van der Waals surface area (Å²) in [6.07, 6.45) is 7.67. The molecule has 1 saturated heterocycles. The minimum absolute atomic E-state index is 0.467. The first kappa shape index (κ1) is 15.0. The summed E-state index contributed by atoms with van der Waals surface area (Å²) in [6, 6.07) is 0.467. The number of aryl methyl sites for hydroxylation is 2. The van der Waals surface area contributed by atoms with Crippen molar-refractivity contribution in [2.75, 3.05) is 19.7 Å². The molecule has 1 unspecified atom stereocenters. The lowest BCUT2D eigenvalue weighted by molar-refractivity contribution is 0.119. The monoisotopic (exact) mass is 302 g/mol. The number of aromatic nitrogens is 3. The van der Waals surface area contributed by atoms with Gasteiger partial charge in [0, 0.05) is 38.3 Å². The summed E-state index contributed by atoms with van der Waals surface area (Å²) < 4.78 is 11.0. The van der Waals surface area contributed by atoms with Crippen LogP contribution in [0.3, 0.4) is 0 Å². The van der Waals surface area contributed by atoms with Gasteiger partial charge in [-0.25, -0.2) is 15.0 Å². The van der Waals surface area contributed by atoms with Crippen molar-refractivity contribution in [1.29, 1.82) is 0 Å². The van der Waals surface area contributed by atoms with E-state index < -0.39 is 0 Å². The highest BCUT2D eigenvalue weighted by Gasteiger charge is 2.21. The lowest BCUT2D eigenvalue weighted by atomic mass is 9.99. The van der Waals surface area contributed by atoms with Gasteiger partial charge < -0.3 is 9.15 Å². The molecule has 118 valence electrons. The van der Waals surface area contributed by atoms with Crippen LogP contribution in [0.4, 0.5) is 0 Å². The number of hydrogen-bond donors (Lipinski definition) is 0. The van der Waals surface area contributed by atoms with Crippen molar-refractivity contribution in [2.24, 2.45) is 5.92 Å². The third-order valence-electron chi connectivity index (χ3n) is 3.86. The van der Waals surface area contributed by atoms with Crippen molar-refractivity contribution in [1.82, 2.24) is 19.9 Å². The van der Waals surface area contributed by atoms with Gasteiger partial charge in [0.05, 0.1) is 12.3 Å². The fraction of sp³-hybridized carbons (Fsp3) is 0.562. The highest BCUT2D eigenvalue weighted by atomic mass is 16.5. The normalized spacial score (nSPS) is 19.3. The summed E-state index contributed by atoms with van der Waals surface area (Å²) in [5.74, 6) is 1.23. The predicted octanol–water partition coefficient (Wildman–Crippen LogP) is 2.37. The maximum Gasteiger partial charge on any atom is 0.316 e. The van der Waals surface area contributed by atoms with Gasteiger partial charge in [-0.15, -0.1) is 0 Å². The molecule has 6 nitrogen and oxygen atoms in total. The molecule has 6 heteroatoms. The predicted molar refractivity (Wildman–Crippen MR) is 81.5 cm³/mol. The van der Waals surface area contributed by atoms with E-state index in [0.717, 1.165) is 36.8 Å². The highest BCUT2D eigenvalue weighted by Crippen LogP contribution is 2.19. The van der Waals surface area contributed by atoms with Gasteiger partial charge in [-0.1, -0.05) is 0 Å². The maximum atomic E-state index is 5.72. The Bertz CT molecular complexity index is 596. The summed E-state index contributed by atoms with van der Waals surface area (Å²) in [4.78, 5) is 15.1. The number of hydrogen-bond acceptors (Lipinski definition) is 6. The maximum absolute atomic E-state index is 5.72. The minimum Gasteiger partial charge on any atom is -0.463 e. The van der Waals surface area contributed by atoms with E-state index in [1.807, 2.05) is 13.8 Å². The molecule has 22 heavy (non-hydrogen) atoms. The van der Waals surface area contributed by atoms with Crippen LogP contribution < -0.4 is 4.74 Å². The second-order valence-electron chi connectivity index (χ2n) is 5.96. The second kappa shape index (κ2) is 6.87. The molecule has 0 aromatic carbocycles. The Labute approximate surface area is 130 Å². The third-order valence-corrected chi connectivity index (χ3v) is 3.86. The second-order valence-corrected chi connectivity index (χ2v) is 5.96. The number of likely N-dealkylation sites (tertiary alicyclic amines) is 1. The molecule has 1 fully saturated rings. The zero-order valence-corrected chi connectivity index (χ0v) is 13.2. The van der Waals surface area contributed by atoms with Crippen LogP contribution in [-0.2, 0) is 6.54 Å². The van der Waals surface area contributed by atoms with Crippen LogP contribution in [0.2, 0.25) is 0 Å². The number of ether oxygens (including phenoxy) is 1. The third kappa shape index (κ3) is 4.04. The molecule has 1 aliphatic rings. The first-order valence-electron chi connectivity index (χ1n) is 7.74. The van der Waals surface area contributed by atoms with Gasteiger partial charge >= 0.3 is 6.01 Å². The quantitative estimate of drug-likeness (QED) is 0.845. The Hall–Kier alpha value is -1.95. The summed E-state index contributed by atoms with van der Waals surface area (Å²) in [5, 5.41) is 0. The van der Waals surface area contributed by atoms with Gasteiger partial charge in [0.2, 0.25) is 0 Å². The Kier molecular flexibility index (Phi) is 4.68. The van der Waals surface area contributed by atoms with E-state index in [-0.39, 0.29) is 0 Å². The summed E-state index contributed by atoms with van der Waals surface area (Å²) in [5.41, 5.74) is 2.04. The number of piperidine rings is 1. The van der Waals surface area contributed by atoms with E-state index in [1.165, 1.54) is 12.8 Å². The number of oxazole rings is 1. The Morgan fingerprint density at radius 2 is 2.14 bits per heavy atom. The molecule has 2 aromatic heterocycles. The molecule has 0 saturated carbocycles. The fourth-order valence-corrected chi connectivity index (χ4v) is 2.79. The summed E-state index contributed by atoms with van der Waals surface area (Å²) in [6.45, 7) is 7.46. The van der Waals surface area contributed by atoms with Crippen LogP contribution >= 0.6 is 0 Å². The van der Waals surface area contributed by atoms with Gasteiger partial charge in [0.25, 0.3) is 0 Å². The molecule has 0 spiro atoms. The van der Waals surface area contributed by atoms with Gasteiger partial charge in [-0.2, -0.15) is 0 Å². The van der Waals surface area contributed by atoms with Crippen LogP contribution in [0.5, 0.6) is 6.01 Å². The standard InChI is InChI=1S/C16H22N4O2/c1-12-6-17-16(18-7-12)22-10-14-4-3-5-20(8-14)9-15-11-21-13(2)19-15/h6-7,11,14H,3-5,8-10H2,1-2H3. The summed E-state index contributed by atoms with van der Waals surface area (Å²) in [7, 11) is 0. The van der Waals surface area contributed by atoms with Crippen LogP contribution in [0, 0.1) is 19.8 Å². The van der Waals surface area contributed by atoms with E-state index in [9.17, 15) is 0 Å². The van der Waals surface area contributed by atoms with E-state index in [4.69, 9.17) is 9.15 Å². The Balaban J connectivity index is 1.49. The van der Waals surface area contributed by atoms with Crippen molar-refractivity contribution < 1.29 is 9.15 Å². The Morgan fingerprint density at radius 3 is 2.86 bits per heavy atom. The SMILES string of the molecule is Cc1cnc(OCC2CCCN(Cc3coc(C)n3)C2)nc1. The lowest BCUT2D eigenvalue weighted by Gasteiger charge is -2.31. The van der Waals surface area contributed by atoms with E-state index in [0.29, 0.717) is 18.5 Å². The molecule has 0 bridgehead atoms. The number of rotatable bonds is 5. The molecule has 0 aliphatic carbocycles. The van der Waals surface area contributed by atoms with Gasteiger partial charge in [-0.3, -0.25) is 4.90 Å². The van der Waals surface area contributed by atoms with Crippen LogP contribution in [0.15, 0.2) is 23.1 Å². The zero-order valence-electron chi connectivity index (χ0n) is 13.2. The first-order valence-corrected chi connectivity index (χ1v) is 7.74. The van der Waals surface area contributed by atoms with Crippen LogP contribution in [-0.4, -0.2) is 39.5 Å². The average Bonchev–Trinajstić information content (AvgIpc) is 2.92. The summed E-state index contributed by atoms with van der Waals surface area (Å²) >= 11 is 0. The molecule has 3 rings (SSSR count). The van der Waals surface area contributed by atoms with Gasteiger partial charge in [0.1, 0.15) is 6.26 Å². The van der Waals surface area contributed by atoms with Crippen LogP contribution in [0.1, 0.15) is 30.0 Å².